The first-order valence-electron chi connectivity index (χ1n) is 7.16. The van der Waals surface area contributed by atoms with Gasteiger partial charge in [0.25, 0.3) is 5.78 Å². The zero-order valence-electron chi connectivity index (χ0n) is 13.4. The summed E-state index contributed by atoms with van der Waals surface area (Å²) in [6, 6.07) is 1.47. The number of Topliss-reactive ketones (excluding diaryl/α,β-unsaturated/α-hetero) is 1. The second-order valence-corrected chi connectivity index (χ2v) is 4.73. The molecule has 122 valence electrons. The number of carbonyl (C=O) groups excluding carboxylic acids is 3. The van der Waals surface area contributed by atoms with E-state index in [0.29, 0.717) is 17.0 Å². The van der Waals surface area contributed by atoms with Crippen molar-refractivity contribution in [3.05, 3.63) is 28.7 Å². The van der Waals surface area contributed by atoms with Crippen LogP contribution < -0.4 is 0 Å². The number of rotatable bonds is 5. The highest BCUT2D eigenvalue weighted by atomic mass is 16.5. The molecule has 0 saturated carbocycles. The average Bonchev–Trinajstić information content (AvgIpc) is 2.91. The minimum atomic E-state index is -0.947. The van der Waals surface area contributed by atoms with Crippen LogP contribution in [0.15, 0.2) is 6.07 Å². The summed E-state index contributed by atoms with van der Waals surface area (Å²) in [7, 11) is 0. The molecule has 2 heterocycles. The molecule has 0 amide bonds. The lowest BCUT2D eigenvalue weighted by Crippen LogP contribution is -2.21. The summed E-state index contributed by atoms with van der Waals surface area (Å²) in [6.45, 7) is 6.87. The second kappa shape index (κ2) is 6.55. The first kappa shape index (κ1) is 16.6. The van der Waals surface area contributed by atoms with Crippen LogP contribution in [0, 0.1) is 13.8 Å². The maximum Gasteiger partial charge on any atom is 0.379 e. The molecule has 2 aromatic heterocycles. The molecule has 0 unspecified atom stereocenters. The Morgan fingerprint density at radius 2 is 1.78 bits per heavy atom. The molecule has 0 saturated heterocycles. The summed E-state index contributed by atoms with van der Waals surface area (Å²) in [6.07, 6.45) is 0. The highest BCUT2D eigenvalue weighted by Crippen LogP contribution is 2.17. The van der Waals surface area contributed by atoms with E-state index >= 15 is 0 Å². The quantitative estimate of drug-likeness (QED) is 0.465. The Labute approximate surface area is 132 Å². The zero-order chi connectivity index (χ0) is 17.1. The SMILES string of the molecule is CCOC(=O)C(=O)c1c(C)nc2cc(C(=O)OCC)nn2c1C. The van der Waals surface area contributed by atoms with Gasteiger partial charge in [0.1, 0.15) is 0 Å². The minimum Gasteiger partial charge on any atom is -0.461 e. The molecule has 0 radical (unpaired) electrons. The Bertz CT molecular complexity index is 794. The van der Waals surface area contributed by atoms with Crippen molar-refractivity contribution in [1.29, 1.82) is 0 Å². The molecular weight excluding hydrogens is 302 g/mol. The van der Waals surface area contributed by atoms with Crippen molar-refractivity contribution >= 4 is 23.4 Å². The molecule has 0 aliphatic carbocycles. The first-order valence-corrected chi connectivity index (χ1v) is 7.16. The molecule has 0 aliphatic rings. The number of aromatic nitrogens is 3. The smallest absolute Gasteiger partial charge is 0.379 e. The number of carbonyl (C=O) groups is 3. The van der Waals surface area contributed by atoms with Gasteiger partial charge in [-0.2, -0.15) is 5.10 Å². The van der Waals surface area contributed by atoms with Crippen LogP contribution in [-0.2, 0) is 14.3 Å². The van der Waals surface area contributed by atoms with Gasteiger partial charge >= 0.3 is 11.9 Å². The first-order chi connectivity index (χ1) is 10.9. The van der Waals surface area contributed by atoms with Gasteiger partial charge in [0.15, 0.2) is 11.3 Å². The monoisotopic (exact) mass is 319 g/mol. The van der Waals surface area contributed by atoms with Crippen molar-refractivity contribution in [2.75, 3.05) is 13.2 Å². The molecule has 2 rings (SSSR count). The van der Waals surface area contributed by atoms with Gasteiger partial charge in [-0.3, -0.25) is 4.79 Å². The van der Waals surface area contributed by atoms with Crippen molar-refractivity contribution in [3.63, 3.8) is 0 Å². The number of fused-ring (bicyclic) bond motifs is 1. The summed E-state index contributed by atoms with van der Waals surface area (Å²) < 4.78 is 11.0. The van der Waals surface area contributed by atoms with Crippen LogP contribution in [0.25, 0.3) is 5.65 Å². The zero-order valence-corrected chi connectivity index (χ0v) is 13.4. The molecule has 8 nitrogen and oxygen atoms in total. The predicted octanol–water partition coefficient (Wildman–Crippen LogP) is 1.27. The molecule has 8 heteroatoms. The van der Waals surface area contributed by atoms with Crippen LogP contribution in [0.4, 0.5) is 0 Å². The molecular formula is C15H17N3O5. The van der Waals surface area contributed by atoms with E-state index < -0.39 is 17.7 Å². The summed E-state index contributed by atoms with van der Waals surface area (Å²) >= 11 is 0. The van der Waals surface area contributed by atoms with Gasteiger partial charge < -0.3 is 9.47 Å². The topological polar surface area (TPSA) is 99.9 Å². The Balaban J connectivity index is 2.54. The lowest BCUT2D eigenvalue weighted by atomic mass is 10.1. The van der Waals surface area contributed by atoms with E-state index in [1.54, 1.807) is 27.7 Å². The van der Waals surface area contributed by atoms with Crippen molar-refractivity contribution in [2.45, 2.75) is 27.7 Å². The lowest BCUT2D eigenvalue weighted by Gasteiger charge is -2.09. The molecule has 0 spiro atoms. The number of hydrogen-bond acceptors (Lipinski definition) is 7. The maximum atomic E-state index is 12.2. The lowest BCUT2D eigenvalue weighted by molar-refractivity contribution is -0.137. The van der Waals surface area contributed by atoms with Crippen LogP contribution in [-0.4, -0.2) is 45.5 Å². The van der Waals surface area contributed by atoms with Gasteiger partial charge in [0, 0.05) is 6.07 Å². The fraction of sp³-hybridized carbons (Fsp3) is 0.400. The van der Waals surface area contributed by atoms with Crippen LogP contribution >= 0.6 is 0 Å². The van der Waals surface area contributed by atoms with Crippen LogP contribution in [0.3, 0.4) is 0 Å². The highest BCUT2D eigenvalue weighted by Gasteiger charge is 2.25. The van der Waals surface area contributed by atoms with Crippen LogP contribution in [0.1, 0.15) is 46.1 Å². The van der Waals surface area contributed by atoms with E-state index in [-0.39, 0.29) is 24.5 Å². The summed E-state index contributed by atoms with van der Waals surface area (Å²) in [5, 5.41) is 4.10. The third kappa shape index (κ3) is 3.05. The molecule has 0 fully saturated rings. The normalized spacial score (nSPS) is 10.6. The van der Waals surface area contributed by atoms with Crippen LogP contribution in [0.5, 0.6) is 0 Å². The molecule has 0 bridgehead atoms. The second-order valence-electron chi connectivity index (χ2n) is 4.73. The fourth-order valence-corrected chi connectivity index (χ4v) is 2.23. The number of nitrogens with zero attached hydrogens (tertiary/aromatic N) is 3. The molecule has 0 aliphatic heterocycles. The van der Waals surface area contributed by atoms with Gasteiger partial charge in [0.05, 0.1) is 30.2 Å². The third-order valence-electron chi connectivity index (χ3n) is 3.19. The van der Waals surface area contributed by atoms with E-state index in [2.05, 4.69) is 10.1 Å². The van der Waals surface area contributed by atoms with Gasteiger partial charge in [0.2, 0.25) is 0 Å². The largest absolute Gasteiger partial charge is 0.461 e. The molecule has 0 N–H and O–H groups in total. The Morgan fingerprint density at radius 1 is 1.13 bits per heavy atom. The highest BCUT2D eigenvalue weighted by molar-refractivity contribution is 6.41. The summed E-state index contributed by atoms with van der Waals surface area (Å²) in [5.74, 6) is -2.31. The van der Waals surface area contributed by atoms with E-state index in [1.165, 1.54) is 10.6 Å². The van der Waals surface area contributed by atoms with Crippen molar-refractivity contribution in [3.8, 4) is 0 Å². The number of ketones is 1. The Hall–Kier alpha value is -2.77. The fourth-order valence-electron chi connectivity index (χ4n) is 2.23. The predicted molar refractivity (Wildman–Crippen MR) is 79.4 cm³/mol. The van der Waals surface area contributed by atoms with Crippen molar-refractivity contribution in [2.24, 2.45) is 0 Å². The number of ether oxygens (including phenoxy) is 2. The van der Waals surface area contributed by atoms with Gasteiger partial charge in [-0.15, -0.1) is 0 Å². The Kier molecular flexibility index (Phi) is 4.73. The molecule has 2 aromatic rings. The van der Waals surface area contributed by atoms with Gasteiger partial charge in [-0.25, -0.2) is 19.1 Å². The number of hydrogen-bond donors (Lipinski definition) is 0. The van der Waals surface area contributed by atoms with Crippen molar-refractivity contribution < 1.29 is 23.9 Å². The van der Waals surface area contributed by atoms with Crippen molar-refractivity contribution in [1.82, 2.24) is 14.6 Å². The number of esters is 2. The summed E-state index contributed by atoms with van der Waals surface area (Å²) in [5.41, 5.74) is 1.37. The van der Waals surface area contributed by atoms with E-state index in [0.717, 1.165) is 0 Å². The van der Waals surface area contributed by atoms with E-state index in [9.17, 15) is 14.4 Å². The summed E-state index contributed by atoms with van der Waals surface area (Å²) in [4.78, 5) is 39.9. The number of aryl methyl sites for hydroxylation is 2. The minimum absolute atomic E-state index is 0.0857. The van der Waals surface area contributed by atoms with Gasteiger partial charge in [-0.05, 0) is 27.7 Å². The molecule has 0 atom stereocenters. The van der Waals surface area contributed by atoms with E-state index in [4.69, 9.17) is 9.47 Å². The average molecular weight is 319 g/mol. The Morgan fingerprint density at radius 3 is 2.39 bits per heavy atom. The molecule has 23 heavy (non-hydrogen) atoms. The van der Waals surface area contributed by atoms with E-state index in [1.807, 2.05) is 0 Å². The maximum absolute atomic E-state index is 12.2. The standard InChI is InChI=1S/C15H17N3O5/c1-5-22-14(20)10-7-11-16-8(3)12(9(4)18(11)17-10)13(19)15(21)23-6-2/h7H,5-6H2,1-4H3. The van der Waals surface area contributed by atoms with Crippen LogP contribution in [0.2, 0.25) is 0 Å². The molecule has 0 aromatic carbocycles. The third-order valence-corrected chi connectivity index (χ3v) is 3.19. The van der Waals surface area contributed by atoms with Gasteiger partial charge in [-0.1, -0.05) is 0 Å².